The zero-order valence-corrected chi connectivity index (χ0v) is 48.6. The van der Waals surface area contributed by atoms with Crippen molar-refractivity contribution >= 4 is 71.5 Å². The van der Waals surface area contributed by atoms with E-state index >= 15 is 4.39 Å². The van der Waals surface area contributed by atoms with Crippen molar-refractivity contribution in [2.75, 3.05) is 104 Å². The molecule has 18 nitrogen and oxygen atoms in total. The number of aliphatic hydroxyl groups excluding tert-OH is 1. The molecule has 444 valence electrons. The number of carbonyl (C=O) groups excluding carboxylic acids is 4. The Morgan fingerprint density at radius 3 is 2.46 bits per heavy atom. The highest BCUT2D eigenvalue weighted by Gasteiger charge is 2.43. The average molecular weight is 1140 g/mol. The molecule has 3 amide bonds. The van der Waals surface area contributed by atoms with Gasteiger partial charge >= 0.3 is 0 Å². The highest BCUT2D eigenvalue weighted by Crippen LogP contribution is 2.41. The van der Waals surface area contributed by atoms with E-state index in [9.17, 15) is 28.7 Å². The Morgan fingerprint density at radius 2 is 1.83 bits per heavy atom. The maximum atomic E-state index is 16.2. The molecular weight excluding hydrogens is 1050 g/mol. The van der Waals surface area contributed by atoms with Gasteiger partial charge in [-0.2, -0.15) is 0 Å². The molecule has 6 aliphatic heterocycles. The quantitative estimate of drug-likeness (QED) is 0.0443. The summed E-state index contributed by atoms with van der Waals surface area (Å²) in [5.41, 5.74) is 2.91. The summed E-state index contributed by atoms with van der Waals surface area (Å²) < 4.78 is 47.8. The predicted molar refractivity (Wildman–Crippen MR) is 319 cm³/mol. The Labute approximate surface area is 482 Å². The maximum absolute atomic E-state index is 16.2. The van der Waals surface area contributed by atoms with Crippen molar-refractivity contribution in [1.29, 1.82) is 0 Å². The molecule has 0 aliphatic carbocycles. The second-order valence-corrected chi connectivity index (χ2v) is 21.2. The highest BCUT2D eigenvalue weighted by atomic mass is 19.1. The van der Waals surface area contributed by atoms with E-state index in [0.29, 0.717) is 54.0 Å². The lowest BCUT2D eigenvalue weighted by molar-refractivity contribution is -0.172. The molecule has 3 aromatic rings. The Hall–Kier alpha value is -6.89. The molecule has 1 spiro atoms. The first-order chi connectivity index (χ1) is 39.8. The maximum Gasteiger partial charge on any atom is 0.242 e. The van der Waals surface area contributed by atoms with Crippen LogP contribution in [-0.4, -0.2) is 193 Å². The van der Waals surface area contributed by atoms with E-state index in [1.165, 1.54) is 74.7 Å². The van der Waals surface area contributed by atoms with E-state index in [0.717, 1.165) is 121 Å². The average Bonchev–Trinajstić information content (AvgIpc) is 3.12. The molecule has 4 unspecified atom stereocenters. The number of aromatic hydroxyl groups is 1. The number of likely N-dealkylation sites (tertiary alicyclic amines) is 2. The number of benzene rings is 3. The second-order valence-electron chi connectivity index (χ2n) is 21.2. The molecule has 6 heterocycles. The number of anilines is 2. The Morgan fingerprint density at radius 1 is 1.06 bits per heavy atom. The van der Waals surface area contributed by atoms with Crippen LogP contribution in [0.1, 0.15) is 101 Å². The number of hydrogen-bond donors (Lipinski definition) is 3. The predicted octanol–water partition coefficient (Wildman–Crippen LogP) is 7.26. The molecule has 3 aromatic carbocycles. The molecule has 4 atom stereocenters. The number of phenols is 1. The van der Waals surface area contributed by atoms with Crippen LogP contribution in [0.3, 0.4) is 0 Å². The number of piperidine rings is 2. The van der Waals surface area contributed by atoms with E-state index < -0.39 is 17.7 Å². The van der Waals surface area contributed by atoms with E-state index in [2.05, 4.69) is 42.7 Å². The number of ether oxygens (including phenoxy) is 3. The number of aldehydes is 1. The smallest absolute Gasteiger partial charge is 0.242 e. The Bertz CT molecular complexity index is 2850. The number of amides is 3. The topological polar surface area (TPSA) is 202 Å². The fraction of sp³-hybridized carbons (Fsp3) is 0.532. The number of methoxy groups -OCH3 is 1. The van der Waals surface area contributed by atoms with E-state index in [1.807, 2.05) is 44.3 Å². The number of nitrogens with zero attached hydrogens (tertiary/aromatic N) is 8. The largest absolute Gasteiger partial charge is 0.508 e. The number of terminal acetylenes is 1. The van der Waals surface area contributed by atoms with Gasteiger partial charge in [-0.25, -0.2) is 13.8 Å². The first-order valence-corrected chi connectivity index (χ1v) is 28.5. The highest BCUT2D eigenvalue weighted by molar-refractivity contribution is 6.29. The number of halogens is 2. The van der Waals surface area contributed by atoms with Crippen LogP contribution < -0.4 is 15.1 Å². The molecule has 0 aromatic heterocycles. The minimum atomic E-state index is -0.771. The molecule has 20 heteroatoms. The van der Waals surface area contributed by atoms with Crippen LogP contribution in [0.25, 0.3) is 16.5 Å². The fourth-order valence-corrected chi connectivity index (χ4v) is 12.1. The Kier molecular flexibility index (Phi) is 24.7. The number of rotatable bonds is 20. The first kappa shape index (κ1) is 64.3. The molecule has 5 fully saturated rings. The van der Waals surface area contributed by atoms with Gasteiger partial charge in [0.05, 0.1) is 47.4 Å². The van der Waals surface area contributed by atoms with Crippen LogP contribution in [0.5, 0.6) is 5.75 Å². The Balaban J connectivity index is 0.000000217. The minimum absolute atomic E-state index is 0.0270. The van der Waals surface area contributed by atoms with Gasteiger partial charge in [-0.15, -0.1) is 6.42 Å². The number of carbonyl (C=O) groups is 4. The van der Waals surface area contributed by atoms with E-state index in [4.69, 9.17) is 25.7 Å². The minimum Gasteiger partial charge on any atom is -0.508 e. The summed E-state index contributed by atoms with van der Waals surface area (Å²) in [6.07, 6.45) is 21.8. The van der Waals surface area contributed by atoms with Crippen molar-refractivity contribution in [3.63, 3.8) is 0 Å². The van der Waals surface area contributed by atoms with Crippen LogP contribution in [0.15, 0.2) is 74.7 Å². The number of likely N-dealkylation sites (N-methyl/N-ethyl adjacent to an activating group) is 1. The van der Waals surface area contributed by atoms with Gasteiger partial charge in [-0.1, -0.05) is 24.1 Å². The summed E-state index contributed by atoms with van der Waals surface area (Å²) in [6, 6.07) is 12.1. The number of allylic oxidation sites excluding steroid dienone is 2. The lowest BCUT2D eigenvalue weighted by atomic mass is 9.85. The van der Waals surface area contributed by atoms with Gasteiger partial charge < -0.3 is 54.1 Å². The summed E-state index contributed by atoms with van der Waals surface area (Å²) in [5, 5.41) is 20.7. The van der Waals surface area contributed by atoms with Crippen molar-refractivity contribution in [2.24, 2.45) is 15.0 Å². The summed E-state index contributed by atoms with van der Waals surface area (Å²) in [5.74, 6) is 1.09. The zero-order valence-electron chi connectivity index (χ0n) is 48.6. The third kappa shape index (κ3) is 15.4. The summed E-state index contributed by atoms with van der Waals surface area (Å²) >= 11 is 0. The van der Waals surface area contributed by atoms with Gasteiger partial charge in [-0.3, -0.25) is 29.3 Å². The van der Waals surface area contributed by atoms with Crippen LogP contribution in [0.2, 0.25) is 0 Å². The monoisotopic (exact) mass is 1140 g/mol. The summed E-state index contributed by atoms with van der Waals surface area (Å²) in [7, 11) is 8.14. The van der Waals surface area contributed by atoms with E-state index in [1.54, 1.807) is 11.8 Å². The number of nitrogens with one attached hydrogen (secondary N) is 1. The molecule has 6 aliphatic rings. The standard InChI is InChI=1S/C28H26F2N4O2.C24H36N4O5.C9H17NO.CH4O/c1-4-19-22(29)8-7-17-13-18(35)14-20(23(17)19)25-24(30)26(32-5-2)21(15-33-25)27(31-3)34-11-6-9-28(16-34)10-12-36-28;1-25-24(32)22(10-5-15-29)28(18-31)21-9-4-7-19(23(21)26(2)3)8-6-16-33-20-11-13-27(17-30)14-12-20;1-11-7-9-5-4-8-3-2-6-10(8)9;1-2/h1,7-8,13-15,35H,3,5-6,9-12,16H2,2H3;4,7,9,15,17-18,20,22H,5-6,8,10-14,16H2,1-3H3,(H,25,32);8-9H,2-7H2,1H3;2H,1H3/b27-21+,32-26?;;;. The molecule has 9 rings (SSSR count). The van der Waals surface area contributed by atoms with Gasteiger partial charge in [-0.05, 0) is 126 Å². The number of aryl methyl sites for hydroxylation is 1. The van der Waals surface area contributed by atoms with Gasteiger partial charge in [0.25, 0.3) is 0 Å². The van der Waals surface area contributed by atoms with Crippen LogP contribution in [-0.2, 0) is 39.8 Å². The number of para-hydroxylation sites is 1. The lowest BCUT2D eigenvalue weighted by Crippen LogP contribution is -2.55. The molecule has 0 saturated carbocycles. The van der Waals surface area contributed by atoms with Crippen molar-refractivity contribution in [2.45, 2.75) is 120 Å². The van der Waals surface area contributed by atoms with Gasteiger partial charge in [0.1, 0.15) is 41.1 Å². The molecular formula is C62H83F2N9O9. The van der Waals surface area contributed by atoms with Crippen molar-refractivity contribution in [3.05, 3.63) is 82.2 Å². The van der Waals surface area contributed by atoms with Crippen LogP contribution in [0.4, 0.5) is 20.2 Å². The summed E-state index contributed by atoms with van der Waals surface area (Å²) in [4.78, 5) is 69.2. The van der Waals surface area contributed by atoms with E-state index in [-0.39, 0.29) is 58.7 Å². The van der Waals surface area contributed by atoms with Crippen LogP contribution in [0, 0.1) is 18.2 Å². The molecule has 5 saturated heterocycles. The molecule has 82 heavy (non-hydrogen) atoms. The van der Waals surface area contributed by atoms with Crippen molar-refractivity contribution in [1.82, 2.24) is 20.0 Å². The summed E-state index contributed by atoms with van der Waals surface area (Å²) in [6.45, 7) is 12.3. The van der Waals surface area contributed by atoms with Crippen molar-refractivity contribution in [3.8, 4) is 18.1 Å². The third-order valence-electron chi connectivity index (χ3n) is 16.0. The molecule has 0 radical (unpaired) electrons. The number of aliphatic hydroxyl groups is 1. The van der Waals surface area contributed by atoms with Gasteiger partial charge in [0, 0.05) is 117 Å². The number of phenolic OH excluding ortho intramolecular Hbond substituents is 1. The first-order valence-electron chi connectivity index (χ1n) is 28.5. The molecule has 3 N–H and O–H groups in total. The normalized spacial score (nSPS) is 21.8. The zero-order chi connectivity index (χ0) is 59.3. The van der Waals surface area contributed by atoms with Gasteiger partial charge in [0.2, 0.25) is 18.7 Å². The lowest BCUT2D eigenvalue weighted by Gasteiger charge is -2.49. The van der Waals surface area contributed by atoms with Gasteiger partial charge in [0.15, 0.2) is 5.83 Å². The number of aliphatic imine (C=N–C) groups is 3. The van der Waals surface area contributed by atoms with Crippen molar-refractivity contribution < 1.29 is 52.4 Å². The molecule has 0 bridgehead atoms. The third-order valence-corrected chi connectivity index (χ3v) is 16.0. The number of fused-ring (bicyclic) bond motifs is 2. The number of hydrogen-bond acceptors (Lipinski definition) is 15. The SMILES string of the molecule is C#Cc1c(F)ccc2cc(O)cc(C3=C(F)C(=NCC)/C(=C(\N=C)N4CCCC5(CCO5)C4)C=N3)c12.CNC(=O)C(CCC=O)N(C=O)c1cccc(CCCOC2CCN(C=O)CC2)c1N(C)C.CO.COCC1CCC2CCCN21. The van der Waals surface area contributed by atoms with Crippen LogP contribution >= 0.6 is 0 Å². The second kappa shape index (κ2) is 31.5. The fourth-order valence-electron chi connectivity index (χ4n) is 12.1.